The minimum atomic E-state index is -0.996. The van der Waals surface area contributed by atoms with Crippen LogP contribution < -0.4 is 10.1 Å². The number of benzene rings is 2. The van der Waals surface area contributed by atoms with Crippen LogP contribution in [0.4, 0.5) is 5.69 Å². The first-order valence-corrected chi connectivity index (χ1v) is 7.26. The monoisotopic (exact) mass is 369 g/mol. The van der Waals surface area contributed by atoms with Gasteiger partial charge in [-0.2, -0.15) is 0 Å². The third-order valence-corrected chi connectivity index (χ3v) is 3.85. The van der Waals surface area contributed by atoms with Crippen molar-refractivity contribution in [3.8, 4) is 5.75 Å². The highest BCUT2D eigenvalue weighted by atomic mass is 79.9. The van der Waals surface area contributed by atoms with Crippen LogP contribution in [0.15, 0.2) is 46.9 Å². The second-order valence-corrected chi connectivity index (χ2v) is 5.60. The van der Waals surface area contributed by atoms with Crippen LogP contribution in [0.25, 0.3) is 0 Å². The van der Waals surface area contributed by atoms with Crippen LogP contribution in [0.3, 0.4) is 0 Å². The van der Waals surface area contributed by atoms with E-state index in [1.165, 1.54) is 7.11 Å². The Morgan fingerprint density at radius 3 is 2.71 bits per heavy atom. The van der Waals surface area contributed by atoms with Gasteiger partial charge in [0.2, 0.25) is 0 Å². The summed E-state index contributed by atoms with van der Waals surface area (Å²) in [7, 11) is 1.53. The Kier molecular flexibility index (Phi) is 5.09. The van der Waals surface area contributed by atoms with Crippen molar-refractivity contribution in [3.05, 3.63) is 57.5 Å². The normalized spacial score (nSPS) is 11.8. The molecule has 0 fully saturated rings. The van der Waals surface area contributed by atoms with Gasteiger partial charge in [0.25, 0.3) is 0 Å². The number of nitrogens with one attached hydrogen (secondary N) is 1. The molecule has 110 valence electrons. The quantitative estimate of drug-likeness (QED) is 0.821. The van der Waals surface area contributed by atoms with Crippen LogP contribution in [-0.2, 0) is 4.79 Å². The first-order valence-electron chi connectivity index (χ1n) is 6.09. The smallest absolute Gasteiger partial charge is 0.330 e. The second kappa shape index (κ2) is 6.83. The van der Waals surface area contributed by atoms with Gasteiger partial charge in [-0.3, -0.25) is 0 Å². The Labute approximate surface area is 135 Å². The van der Waals surface area contributed by atoms with Crippen molar-refractivity contribution in [3.63, 3.8) is 0 Å². The molecule has 1 unspecified atom stereocenters. The van der Waals surface area contributed by atoms with Gasteiger partial charge in [-0.25, -0.2) is 4.79 Å². The van der Waals surface area contributed by atoms with Crippen LogP contribution in [0.1, 0.15) is 11.6 Å². The van der Waals surface area contributed by atoms with Crippen molar-refractivity contribution in [1.29, 1.82) is 0 Å². The highest BCUT2D eigenvalue weighted by molar-refractivity contribution is 9.10. The zero-order valence-electron chi connectivity index (χ0n) is 11.1. The van der Waals surface area contributed by atoms with Crippen LogP contribution in [0.2, 0.25) is 5.02 Å². The number of hydrogen-bond donors (Lipinski definition) is 2. The van der Waals surface area contributed by atoms with E-state index in [1.54, 1.807) is 42.5 Å². The largest absolute Gasteiger partial charge is 0.497 e. The Morgan fingerprint density at radius 2 is 2.10 bits per heavy atom. The maximum Gasteiger partial charge on any atom is 0.330 e. The molecule has 0 heterocycles. The zero-order valence-corrected chi connectivity index (χ0v) is 13.5. The second-order valence-electron chi connectivity index (χ2n) is 4.31. The fraction of sp³-hybridized carbons (Fsp3) is 0.133. The highest BCUT2D eigenvalue weighted by Crippen LogP contribution is 2.30. The van der Waals surface area contributed by atoms with Crippen molar-refractivity contribution >= 4 is 39.2 Å². The number of carboxylic acid groups (broad SMARTS) is 1. The third kappa shape index (κ3) is 3.89. The minimum Gasteiger partial charge on any atom is -0.497 e. The lowest BCUT2D eigenvalue weighted by Gasteiger charge is -2.18. The average Bonchev–Trinajstić information content (AvgIpc) is 2.45. The summed E-state index contributed by atoms with van der Waals surface area (Å²) in [4.78, 5) is 11.6. The number of methoxy groups -OCH3 is 1. The zero-order chi connectivity index (χ0) is 15.4. The number of carboxylic acids is 1. The Bertz CT molecular complexity index is 663. The lowest BCUT2D eigenvalue weighted by molar-refractivity contribution is -0.138. The molecule has 21 heavy (non-hydrogen) atoms. The van der Waals surface area contributed by atoms with Gasteiger partial charge in [-0.05, 0) is 36.4 Å². The fourth-order valence-corrected chi connectivity index (χ4v) is 2.55. The topological polar surface area (TPSA) is 58.6 Å². The molecule has 0 saturated heterocycles. The van der Waals surface area contributed by atoms with E-state index in [-0.39, 0.29) is 0 Å². The first kappa shape index (κ1) is 15.7. The Morgan fingerprint density at radius 1 is 1.33 bits per heavy atom. The summed E-state index contributed by atoms with van der Waals surface area (Å²) >= 11 is 9.29. The molecule has 0 bridgehead atoms. The van der Waals surface area contributed by atoms with Gasteiger partial charge in [-0.1, -0.05) is 33.6 Å². The summed E-state index contributed by atoms with van der Waals surface area (Å²) < 4.78 is 5.83. The minimum absolute atomic E-state index is 0.536. The van der Waals surface area contributed by atoms with Crippen molar-refractivity contribution in [1.82, 2.24) is 0 Å². The molecule has 2 rings (SSSR count). The van der Waals surface area contributed by atoms with Gasteiger partial charge < -0.3 is 15.2 Å². The van der Waals surface area contributed by atoms with Crippen molar-refractivity contribution in [2.45, 2.75) is 6.04 Å². The average molecular weight is 371 g/mol. The molecule has 2 aromatic rings. The molecule has 4 nitrogen and oxygen atoms in total. The van der Waals surface area contributed by atoms with E-state index in [1.807, 2.05) is 0 Å². The number of rotatable bonds is 5. The predicted octanol–water partition coefficient (Wildman–Crippen LogP) is 4.35. The summed E-state index contributed by atoms with van der Waals surface area (Å²) in [6.45, 7) is 0. The van der Waals surface area contributed by atoms with E-state index in [0.29, 0.717) is 26.5 Å². The highest BCUT2D eigenvalue weighted by Gasteiger charge is 2.22. The van der Waals surface area contributed by atoms with Crippen molar-refractivity contribution in [2.75, 3.05) is 12.4 Å². The summed E-state index contributed by atoms with van der Waals surface area (Å²) in [5.41, 5.74) is 1.20. The number of halogens is 2. The van der Waals surface area contributed by atoms with Gasteiger partial charge in [0.1, 0.15) is 5.75 Å². The number of carbonyl (C=O) groups is 1. The summed E-state index contributed by atoms with van der Waals surface area (Å²) in [5, 5.41) is 13.0. The molecule has 6 heteroatoms. The standard InChI is InChI=1S/C15H13BrClNO3/c1-21-11-5-6-13(16)12(8-11)14(15(19)20)18-10-4-2-3-9(17)7-10/h2-8,14,18H,1H3,(H,19,20). The molecular weight excluding hydrogens is 358 g/mol. The van der Waals surface area contributed by atoms with Gasteiger partial charge >= 0.3 is 5.97 Å². The molecule has 0 radical (unpaired) electrons. The molecule has 0 aliphatic rings. The van der Waals surface area contributed by atoms with E-state index in [9.17, 15) is 9.90 Å². The van der Waals surface area contributed by atoms with Gasteiger partial charge in [-0.15, -0.1) is 0 Å². The van der Waals surface area contributed by atoms with E-state index in [2.05, 4.69) is 21.2 Å². The summed E-state index contributed by atoms with van der Waals surface area (Å²) in [6, 6.07) is 11.2. The van der Waals surface area contributed by atoms with Gasteiger partial charge in [0.15, 0.2) is 6.04 Å². The third-order valence-electron chi connectivity index (χ3n) is 2.90. The molecule has 2 aromatic carbocycles. The van der Waals surface area contributed by atoms with Crippen LogP contribution >= 0.6 is 27.5 Å². The number of hydrogen-bond acceptors (Lipinski definition) is 3. The molecule has 0 spiro atoms. The molecule has 0 aliphatic carbocycles. The van der Waals surface area contributed by atoms with Gasteiger partial charge in [0, 0.05) is 20.7 Å². The number of aliphatic carboxylic acids is 1. The maximum atomic E-state index is 11.6. The first-order chi connectivity index (χ1) is 10.0. The predicted molar refractivity (Wildman–Crippen MR) is 86.1 cm³/mol. The lowest BCUT2D eigenvalue weighted by atomic mass is 10.1. The van der Waals surface area contributed by atoms with Crippen molar-refractivity contribution < 1.29 is 14.6 Å². The van der Waals surface area contributed by atoms with E-state index in [0.717, 1.165) is 0 Å². The maximum absolute atomic E-state index is 11.6. The lowest BCUT2D eigenvalue weighted by Crippen LogP contribution is -2.21. The molecule has 0 aromatic heterocycles. The van der Waals surface area contributed by atoms with E-state index in [4.69, 9.17) is 16.3 Å². The van der Waals surface area contributed by atoms with Crippen LogP contribution in [0, 0.1) is 0 Å². The molecule has 0 amide bonds. The molecular formula is C15H13BrClNO3. The van der Waals surface area contributed by atoms with Crippen LogP contribution in [0.5, 0.6) is 5.75 Å². The Hall–Kier alpha value is -1.72. The van der Waals surface area contributed by atoms with Crippen LogP contribution in [-0.4, -0.2) is 18.2 Å². The summed E-state index contributed by atoms with van der Waals surface area (Å²) in [5.74, 6) is -0.406. The molecule has 1 atom stereocenters. The fourth-order valence-electron chi connectivity index (χ4n) is 1.89. The molecule has 0 saturated carbocycles. The Balaban J connectivity index is 2.37. The summed E-state index contributed by atoms with van der Waals surface area (Å²) in [6.07, 6.45) is 0. The number of ether oxygens (including phenoxy) is 1. The molecule has 2 N–H and O–H groups in total. The number of anilines is 1. The van der Waals surface area contributed by atoms with E-state index < -0.39 is 12.0 Å². The van der Waals surface area contributed by atoms with E-state index >= 15 is 0 Å². The van der Waals surface area contributed by atoms with Crippen molar-refractivity contribution in [2.24, 2.45) is 0 Å². The van der Waals surface area contributed by atoms with Gasteiger partial charge in [0.05, 0.1) is 7.11 Å². The SMILES string of the molecule is COc1ccc(Br)c(C(Nc2cccc(Cl)c2)C(=O)O)c1. The molecule has 0 aliphatic heterocycles.